The number of rotatable bonds is 2. The van der Waals surface area contributed by atoms with E-state index in [1.54, 1.807) is 30.3 Å². The SMILES string of the molecule is Nc1cc(-c2nc(-c3ccccc3F)no2)ccn1. The zero-order chi connectivity index (χ0) is 13.2. The molecule has 0 bridgehead atoms. The van der Waals surface area contributed by atoms with E-state index in [9.17, 15) is 4.39 Å². The van der Waals surface area contributed by atoms with Crippen molar-refractivity contribution in [2.24, 2.45) is 0 Å². The minimum Gasteiger partial charge on any atom is -0.384 e. The Morgan fingerprint density at radius 1 is 1.16 bits per heavy atom. The number of hydrogen-bond donors (Lipinski definition) is 1. The van der Waals surface area contributed by atoms with E-state index in [1.165, 1.54) is 12.3 Å². The van der Waals surface area contributed by atoms with Crippen molar-refractivity contribution in [2.75, 3.05) is 5.73 Å². The highest BCUT2D eigenvalue weighted by Gasteiger charge is 2.13. The number of anilines is 1. The Bertz CT molecular complexity index is 726. The molecule has 0 aliphatic rings. The van der Waals surface area contributed by atoms with Gasteiger partial charge in [0.15, 0.2) is 0 Å². The van der Waals surface area contributed by atoms with Crippen LogP contribution in [0.25, 0.3) is 22.8 Å². The van der Waals surface area contributed by atoms with Gasteiger partial charge in [-0.2, -0.15) is 4.98 Å². The number of aromatic nitrogens is 3. The summed E-state index contributed by atoms with van der Waals surface area (Å²) in [7, 11) is 0. The predicted molar refractivity (Wildman–Crippen MR) is 67.3 cm³/mol. The van der Waals surface area contributed by atoms with E-state index in [2.05, 4.69) is 15.1 Å². The van der Waals surface area contributed by atoms with Crippen LogP contribution in [0.2, 0.25) is 0 Å². The van der Waals surface area contributed by atoms with Crippen LogP contribution in [0.3, 0.4) is 0 Å². The summed E-state index contributed by atoms with van der Waals surface area (Å²) in [6.45, 7) is 0. The third-order valence-electron chi connectivity index (χ3n) is 2.57. The fourth-order valence-electron chi connectivity index (χ4n) is 1.67. The van der Waals surface area contributed by atoms with E-state index in [-0.39, 0.29) is 11.7 Å². The third-order valence-corrected chi connectivity index (χ3v) is 2.57. The van der Waals surface area contributed by atoms with Crippen molar-refractivity contribution >= 4 is 5.82 Å². The minimum atomic E-state index is -0.399. The van der Waals surface area contributed by atoms with Crippen LogP contribution < -0.4 is 5.73 Å². The number of hydrogen-bond acceptors (Lipinski definition) is 5. The second-order valence-corrected chi connectivity index (χ2v) is 3.87. The maximum absolute atomic E-state index is 13.6. The van der Waals surface area contributed by atoms with Crippen molar-refractivity contribution in [3.63, 3.8) is 0 Å². The first-order valence-electron chi connectivity index (χ1n) is 5.54. The molecule has 0 saturated heterocycles. The molecule has 1 aromatic carbocycles. The standard InChI is InChI=1S/C13H9FN4O/c14-10-4-2-1-3-9(10)12-17-13(19-18-12)8-5-6-16-11(15)7-8/h1-7H,(H2,15,16). The van der Waals surface area contributed by atoms with Crippen LogP contribution >= 0.6 is 0 Å². The number of nitrogens with two attached hydrogens (primary N) is 1. The number of nitrogen functional groups attached to an aromatic ring is 1. The second-order valence-electron chi connectivity index (χ2n) is 3.87. The lowest BCUT2D eigenvalue weighted by molar-refractivity contribution is 0.432. The average Bonchev–Trinajstić information content (AvgIpc) is 2.89. The van der Waals surface area contributed by atoms with Crippen molar-refractivity contribution in [3.05, 3.63) is 48.4 Å². The van der Waals surface area contributed by atoms with Crippen LogP contribution in [0, 0.1) is 5.82 Å². The monoisotopic (exact) mass is 256 g/mol. The molecule has 0 spiro atoms. The van der Waals surface area contributed by atoms with Crippen LogP contribution in [0.5, 0.6) is 0 Å². The molecule has 5 nitrogen and oxygen atoms in total. The lowest BCUT2D eigenvalue weighted by Gasteiger charge is -1.95. The zero-order valence-corrected chi connectivity index (χ0v) is 9.75. The Morgan fingerprint density at radius 2 is 2.00 bits per heavy atom. The quantitative estimate of drug-likeness (QED) is 0.762. The van der Waals surface area contributed by atoms with Crippen molar-refractivity contribution in [3.8, 4) is 22.8 Å². The summed E-state index contributed by atoms with van der Waals surface area (Å²) >= 11 is 0. The van der Waals surface area contributed by atoms with Gasteiger partial charge in [-0.3, -0.25) is 0 Å². The number of halogens is 1. The smallest absolute Gasteiger partial charge is 0.258 e. The predicted octanol–water partition coefficient (Wildman–Crippen LogP) is 2.52. The Labute approximate surface area is 107 Å². The summed E-state index contributed by atoms with van der Waals surface area (Å²) in [6.07, 6.45) is 1.54. The summed E-state index contributed by atoms with van der Waals surface area (Å²) < 4.78 is 18.7. The summed E-state index contributed by atoms with van der Waals surface area (Å²) in [5, 5.41) is 3.77. The van der Waals surface area contributed by atoms with Crippen LogP contribution in [0.1, 0.15) is 0 Å². The van der Waals surface area contributed by atoms with Crippen molar-refractivity contribution < 1.29 is 8.91 Å². The Morgan fingerprint density at radius 3 is 2.79 bits per heavy atom. The maximum Gasteiger partial charge on any atom is 0.258 e. The van der Waals surface area contributed by atoms with Gasteiger partial charge in [0.2, 0.25) is 5.82 Å². The molecule has 2 heterocycles. The van der Waals surface area contributed by atoms with E-state index in [0.717, 1.165) is 0 Å². The normalized spacial score (nSPS) is 10.6. The van der Waals surface area contributed by atoms with Gasteiger partial charge in [0.25, 0.3) is 5.89 Å². The van der Waals surface area contributed by atoms with Crippen LogP contribution in [0.4, 0.5) is 10.2 Å². The molecule has 0 radical (unpaired) electrons. The van der Waals surface area contributed by atoms with E-state index in [0.29, 0.717) is 16.9 Å². The molecule has 19 heavy (non-hydrogen) atoms. The molecule has 2 N–H and O–H groups in total. The third kappa shape index (κ3) is 2.15. The van der Waals surface area contributed by atoms with Gasteiger partial charge >= 0.3 is 0 Å². The zero-order valence-electron chi connectivity index (χ0n) is 9.75. The molecule has 94 valence electrons. The maximum atomic E-state index is 13.6. The van der Waals surface area contributed by atoms with Gasteiger partial charge < -0.3 is 10.3 Å². The van der Waals surface area contributed by atoms with Gasteiger partial charge in [-0.25, -0.2) is 9.37 Å². The molecule has 3 rings (SSSR count). The minimum absolute atomic E-state index is 0.198. The second kappa shape index (κ2) is 4.49. The summed E-state index contributed by atoms with van der Waals surface area (Å²) in [5.74, 6) is 0.420. The number of pyridine rings is 1. The van der Waals surface area contributed by atoms with Crippen LogP contribution in [0.15, 0.2) is 47.1 Å². The molecule has 2 aromatic heterocycles. The van der Waals surface area contributed by atoms with Gasteiger partial charge in [-0.15, -0.1) is 0 Å². The highest BCUT2D eigenvalue weighted by atomic mass is 19.1. The molecule has 6 heteroatoms. The first-order valence-corrected chi connectivity index (χ1v) is 5.54. The largest absolute Gasteiger partial charge is 0.384 e. The van der Waals surface area contributed by atoms with E-state index >= 15 is 0 Å². The highest BCUT2D eigenvalue weighted by Crippen LogP contribution is 2.24. The van der Waals surface area contributed by atoms with Gasteiger partial charge in [-0.1, -0.05) is 17.3 Å². The van der Waals surface area contributed by atoms with Crippen LogP contribution in [-0.2, 0) is 0 Å². The molecule has 0 amide bonds. The fraction of sp³-hybridized carbons (Fsp3) is 0. The summed E-state index contributed by atoms with van der Waals surface area (Å²) in [4.78, 5) is 8.02. The summed E-state index contributed by atoms with van der Waals surface area (Å²) in [6, 6.07) is 9.54. The molecular weight excluding hydrogens is 247 g/mol. The van der Waals surface area contributed by atoms with Gasteiger partial charge in [0, 0.05) is 11.8 Å². The van der Waals surface area contributed by atoms with Gasteiger partial charge in [-0.05, 0) is 24.3 Å². The topological polar surface area (TPSA) is 77.8 Å². The fourth-order valence-corrected chi connectivity index (χ4v) is 1.67. The Hall–Kier alpha value is -2.76. The summed E-state index contributed by atoms with van der Waals surface area (Å²) in [5.41, 5.74) is 6.51. The van der Waals surface area contributed by atoms with Gasteiger partial charge in [0.05, 0.1) is 5.56 Å². The molecule has 0 unspecified atom stereocenters. The van der Waals surface area contributed by atoms with Crippen molar-refractivity contribution in [1.82, 2.24) is 15.1 Å². The van der Waals surface area contributed by atoms with E-state index in [4.69, 9.17) is 10.3 Å². The first-order chi connectivity index (χ1) is 9.24. The van der Waals surface area contributed by atoms with E-state index in [1.807, 2.05) is 0 Å². The van der Waals surface area contributed by atoms with E-state index < -0.39 is 5.82 Å². The molecular formula is C13H9FN4O. The lowest BCUT2D eigenvalue weighted by atomic mass is 10.2. The number of benzene rings is 1. The molecule has 0 saturated carbocycles. The molecule has 3 aromatic rings. The first kappa shape index (κ1) is 11.3. The van der Waals surface area contributed by atoms with Crippen LogP contribution in [-0.4, -0.2) is 15.1 Å². The Balaban J connectivity index is 2.03. The highest BCUT2D eigenvalue weighted by molar-refractivity contribution is 5.61. The Kier molecular flexibility index (Phi) is 2.68. The van der Waals surface area contributed by atoms with Gasteiger partial charge in [0.1, 0.15) is 11.6 Å². The molecule has 0 atom stereocenters. The molecule has 0 aliphatic carbocycles. The molecule has 0 fully saturated rings. The van der Waals surface area contributed by atoms with Crippen molar-refractivity contribution in [2.45, 2.75) is 0 Å². The molecule has 0 aliphatic heterocycles. The van der Waals surface area contributed by atoms with Crippen molar-refractivity contribution in [1.29, 1.82) is 0 Å². The average molecular weight is 256 g/mol. The lowest BCUT2D eigenvalue weighted by Crippen LogP contribution is -1.89. The number of nitrogens with zero attached hydrogens (tertiary/aromatic N) is 3.